The van der Waals surface area contributed by atoms with Crippen molar-refractivity contribution in [3.63, 3.8) is 0 Å². The molecule has 8 nitrogen and oxygen atoms in total. The van der Waals surface area contributed by atoms with Crippen LogP contribution in [0.5, 0.6) is 5.75 Å². The van der Waals surface area contributed by atoms with E-state index in [1.165, 1.54) is 19.1 Å². The summed E-state index contributed by atoms with van der Waals surface area (Å²) in [6, 6.07) is 10.8. The van der Waals surface area contributed by atoms with Crippen LogP contribution in [0.3, 0.4) is 0 Å². The second-order valence-electron chi connectivity index (χ2n) is 7.92. The van der Waals surface area contributed by atoms with Crippen LogP contribution in [-0.4, -0.2) is 32.0 Å². The van der Waals surface area contributed by atoms with E-state index in [4.69, 9.17) is 0 Å². The van der Waals surface area contributed by atoms with Crippen molar-refractivity contribution in [2.75, 3.05) is 10.6 Å². The van der Waals surface area contributed by atoms with Gasteiger partial charge in [-0.1, -0.05) is 12.1 Å². The second-order valence-corrected chi connectivity index (χ2v) is 7.92. The summed E-state index contributed by atoms with van der Waals surface area (Å²) in [6.45, 7) is 6.09. The molecule has 0 saturated heterocycles. The van der Waals surface area contributed by atoms with Gasteiger partial charge in [-0.2, -0.15) is 5.10 Å². The first-order chi connectivity index (χ1) is 16.6. The maximum atomic E-state index is 12.7. The van der Waals surface area contributed by atoms with Gasteiger partial charge in [0, 0.05) is 17.8 Å². The predicted octanol–water partition coefficient (Wildman–Crippen LogP) is 5.48. The van der Waals surface area contributed by atoms with Crippen LogP contribution < -0.4 is 15.4 Å². The van der Waals surface area contributed by atoms with Crippen molar-refractivity contribution >= 4 is 28.6 Å². The van der Waals surface area contributed by atoms with Crippen molar-refractivity contribution in [1.82, 2.24) is 19.7 Å². The first kappa shape index (κ1) is 24.0. The van der Waals surface area contributed by atoms with E-state index in [0.29, 0.717) is 22.7 Å². The van der Waals surface area contributed by atoms with Gasteiger partial charge in [-0.15, -0.1) is 13.2 Å². The molecular weight excluding hydrogens is 461 g/mol. The van der Waals surface area contributed by atoms with Crippen LogP contribution in [0.25, 0.3) is 11.2 Å². The molecule has 0 aliphatic heterocycles. The highest BCUT2D eigenvalue weighted by Crippen LogP contribution is 2.27. The Morgan fingerprint density at radius 2 is 2.00 bits per heavy atom. The lowest BCUT2D eigenvalue weighted by atomic mass is 10.1. The standard InChI is InChI=1S/C24H23F3N6O2/c1-4-33-13-19-22(32-33)31-21(12-28-19)29-15(3)16-6-5-7-18(11-16)30-23(34)17-8-9-20(14(2)10-17)35-24(25,26)27/h5-13,15H,4H2,1-3H3,(H,30,34)(H,29,31,32)/t15-/m0/s1. The van der Waals surface area contributed by atoms with E-state index in [1.54, 1.807) is 29.1 Å². The molecule has 0 aliphatic rings. The fraction of sp³-hybridized carbons (Fsp3) is 0.250. The summed E-state index contributed by atoms with van der Waals surface area (Å²) >= 11 is 0. The van der Waals surface area contributed by atoms with Crippen molar-refractivity contribution in [1.29, 1.82) is 0 Å². The Morgan fingerprint density at radius 3 is 2.71 bits per heavy atom. The summed E-state index contributed by atoms with van der Waals surface area (Å²) in [6.07, 6.45) is -1.32. The molecule has 2 heterocycles. The Bertz CT molecular complexity index is 1370. The van der Waals surface area contributed by atoms with E-state index < -0.39 is 12.3 Å². The van der Waals surface area contributed by atoms with E-state index in [0.717, 1.165) is 18.2 Å². The molecule has 182 valence electrons. The van der Waals surface area contributed by atoms with Crippen LogP contribution in [0.4, 0.5) is 24.7 Å². The molecule has 11 heteroatoms. The quantitative estimate of drug-likeness (QED) is 0.361. The third kappa shape index (κ3) is 5.86. The molecule has 0 unspecified atom stereocenters. The number of rotatable bonds is 7. The van der Waals surface area contributed by atoms with Crippen LogP contribution >= 0.6 is 0 Å². The zero-order valence-electron chi connectivity index (χ0n) is 19.2. The summed E-state index contributed by atoms with van der Waals surface area (Å²) in [4.78, 5) is 21.6. The first-order valence-corrected chi connectivity index (χ1v) is 10.9. The van der Waals surface area contributed by atoms with Crippen LogP contribution in [-0.2, 0) is 6.54 Å². The fourth-order valence-corrected chi connectivity index (χ4v) is 3.50. The number of nitrogens with zero attached hydrogens (tertiary/aromatic N) is 4. The highest BCUT2D eigenvalue weighted by molar-refractivity contribution is 6.04. The van der Waals surface area contributed by atoms with E-state index in [2.05, 4.69) is 30.4 Å². The summed E-state index contributed by atoms with van der Waals surface area (Å²) < 4.78 is 43.1. The monoisotopic (exact) mass is 484 g/mol. The molecule has 0 bridgehead atoms. The number of aromatic nitrogens is 4. The average Bonchev–Trinajstić information content (AvgIpc) is 3.22. The number of aryl methyl sites for hydroxylation is 2. The minimum Gasteiger partial charge on any atom is -0.406 e. The molecule has 35 heavy (non-hydrogen) atoms. The minimum atomic E-state index is -4.80. The van der Waals surface area contributed by atoms with Gasteiger partial charge in [-0.05, 0) is 62.2 Å². The molecule has 0 spiro atoms. The number of ether oxygens (including phenoxy) is 1. The lowest BCUT2D eigenvalue weighted by Gasteiger charge is -2.16. The SMILES string of the molecule is CCn1cc2ncc(N[C@@H](C)c3cccc(NC(=O)c4ccc(OC(F)(F)F)c(C)c4)c3)nc2n1. The van der Waals surface area contributed by atoms with E-state index in [1.807, 2.05) is 26.1 Å². The predicted molar refractivity (Wildman–Crippen MR) is 125 cm³/mol. The van der Waals surface area contributed by atoms with Crippen molar-refractivity contribution in [3.05, 3.63) is 71.5 Å². The average molecular weight is 484 g/mol. The Labute approximate surface area is 199 Å². The Balaban J connectivity index is 1.45. The van der Waals surface area contributed by atoms with Crippen molar-refractivity contribution in [2.45, 2.75) is 39.7 Å². The Kier molecular flexibility index (Phi) is 6.59. The van der Waals surface area contributed by atoms with Gasteiger partial charge < -0.3 is 15.4 Å². The summed E-state index contributed by atoms with van der Waals surface area (Å²) in [5.41, 5.74) is 3.09. The number of hydrogen-bond donors (Lipinski definition) is 2. The number of nitrogens with one attached hydrogen (secondary N) is 2. The third-order valence-corrected chi connectivity index (χ3v) is 5.27. The topological polar surface area (TPSA) is 94.0 Å². The van der Waals surface area contributed by atoms with Gasteiger partial charge >= 0.3 is 6.36 Å². The number of hydrogen-bond acceptors (Lipinski definition) is 6. The van der Waals surface area contributed by atoms with Gasteiger partial charge in [0.25, 0.3) is 5.91 Å². The summed E-state index contributed by atoms with van der Waals surface area (Å²) in [5, 5.41) is 10.4. The van der Waals surface area contributed by atoms with Gasteiger partial charge in [0.1, 0.15) is 17.1 Å². The van der Waals surface area contributed by atoms with Crippen molar-refractivity contribution in [3.8, 4) is 5.75 Å². The zero-order valence-corrected chi connectivity index (χ0v) is 19.2. The molecule has 0 aliphatic carbocycles. The second kappa shape index (κ2) is 9.61. The lowest BCUT2D eigenvalue weighted by Crippen LogP contribution is -2.18. The number of carbonyl (C=O) groups excluding carboxylic acids is 1. The van der Waals surface area contributed by atoms with Crippen LogP contribution in [0, 0.1) is 6.92 Å². The van der Waals surface area contributed by atoms with E-state index in [-0.39, 0.29) is 22.9 Å². The number of benzene rings is 2. The highest BCUT2D eigenvalue weighted by atomic mass is 19.4. The number of anilines is 2. The molecule has 2 N–H and O–H groups in total. The number of fused-ring (bicyclic) bond motifs is 1. The molecule has 0 fully saturated rings. The number of carbonyl (C=O) groups is 1. The third-order valence-electron chi connectivity index (χ3n) is 5.27. The maximum Gasteiger partial charge on any atom is 0.573 e. The largest absolute Gasteiger partial charge is 0.573 e. The maximum absolute atomic E-state index is 12.7. The molecule has 4 aromatic rings. The van der Waals surface area contributed by atoms with Gasteiger partial charge in [0.05, 0.1) is 18.4 Å². The lowest BCUT2D eigenvalue weighted by molar-refractivity contribution is -0.274. The van der Waals surface area contributed by atoms with Gasteiger partial charge in [-0.3, -0.25) is 9.48 Å². The first-order valence-electron chi connectivity index (χ1n) is 10.9. The molecule has 1 amide bonds. The Hall–Kier alpha value is -4.15. The molecule has 0 radical (unpaired) electrons. The number of amides is 1. The molecule has 2 aromatic heterocycles. The van der Waals surface area contributed by atoms with Gasteiger partial charge in [-0.25, -0.2) is 9.97 Å². The zero-order chi connectivity index (χ0) is 25.2. The summed E-state index contributed by atoms with van der Waals surface area (Å²) in [7, 11) is 0. The molecular formula is C24H23F3N6O2. The van der Waals surface area contributed by atoms with E-state index in [9.17, 15) is 18.0 Å². The van der Waals surface area contributed by atoms with E-state index >= 15 is 0 Å². The van der Waals surface area contributed by atoms with Crippen LogP contribution in [0.1, 0.15) is 41.4 Å². The molecule has 4 rings (SSSR count). The minimum absolute atomic E-state index is 0.159. The molecule has 1 atom stereocenters. The highest BCUT2D eigenvalue weighted by Gasteiger charge is 2.31. The Morgan fingerprint density at radius 1 is 1.20 bits per heavy atom. The van der Waals surface area contributed by atoms with Crippen LogP contribution in [0.15, 0.2) is 54.9 Å². The van der Waals surface area contributed by atoms with Gasteiger partial charge in [0.2, 0.25) is 5.65 Å². The number of alkyl halides is 3. The van der Waals surface area contributed by atoms with Gasteiger partial charge in [0.15, 0.2) is 0 Å². The molecule has 0 saturated carbocycles. The summed E-state index contributed by atoms with van der Waals surface area (Å²) in [5.74, 6) is -0.233. The van der Waals surface area contributed by atoms with Crippen LogP contribution in [0.2, 0.25) is 0 Å². The van der Waals surface area contributed by atoms with Crippen molar-refractivity contribution in [2.24, 2.45) is 0 Å². The fourth-order valence-electron chi connectivity index (χ4n) is 3.50. The smallest absolute Gasteiger partial charge is 0.406 e. The number of halogens is 3. The molecule has 2 aromatic carbocycles. The van der Waals surface area contributed by atoms with Crippen molar-refractivity contribution < 1.29 is 22.7 Å². The normalized spacial score (nSPS) is 12.4.